The molecule has 2 N–H and O–H groups in total. The highest BCUT2D eigenvalue weighted by Crippen LogP contribution is 2.25. The second kappa shape index (κ2) is 10.4. The van der Waals surface area contributed by atoms with Crippen molar-refractivity contribution in [2.24, 2.45) is 4.99 Å². The van der Waals surface area contributed by atoms with Gasteiger partial charge in [0.15, 0.2) is 5.96 Å². The fourth-order valence-electron chi connectivity index (χ4n) is 2.25. The second-order valence-electron chi connectivity index (χ2n) is 6.11. The van der Waals surface area contributed by atoms with Gasteiger partial charge >= 0.3 is 0 Å². The Labute approximate surface area is 165 Å². The van der Waals surface area contributed by atoms with Crippen molar-refractivity contribution in [2.45, 2.75) is 13.1 Å². The topological polar surface area (TPSA) is 66.0 Å². The van der Waals surface area contributed by atoms with Gasteiger partial charge in [-0.2, -0.15) is 0 Å². The number of carbonyl (C=O) groups excluding carboxylic acids is 1. The van der Waals surface area contributed by atoms with Crippen molar-refractivity contribution in [1.82, 2.24) is 15.5 Å². The predicted octanol–water partition coefficient (Wildman–Crippen LogP) is 2.67. The highest BCUT2D eigenvalue weighted by molar-refractivity contribution is 6.32. The molecule has 2 rings (SSSR count). The maximum Gasteiger partial charge on any atom is 0.241 e. The van der Waals surface area contributed by atoms with Crippen LogP contribution in [0.5, 0.6) is 5.75 Å². The lowest BCUT2D eigenvalue weighted by Crippen LogP contribution is -2.42. The molecule has 0 heterocycles. The molecule has 144 valence electrons. The SMILES string of the molecule is COc1ccc(CN=C(NCC(=O)N(C)C)NCc2ccccc2)cc1Cl. The van der Waals surface area contributed by atoms with E-state index in [0.717, 1.165) is 11.1 Å². The first-order valence-corrected chi connectivity index (χ1v) is 8.96. The van der Waals surface area contributed by atoms with Gasteiger partial charge in [-0.3, -0.25) is 4.79 Å². The molecule has 6 nitrogen and oxygen atoms in total. The summed E-state index contributed by atoms with van der Waals surface area (Å²) in [6.07, 6.45) is 0. The molecule has 0 spiro atoms. The number of hydrogen-bond acceptors (Lipinski definition) is 3. The molecule has 7 heteroatoms. The molecule has 0 aliphatic rings. The van der Waals surface area contributed by atoms with Gasteiger partial charge in [-0.1, -0.05) is 48.0 Å². The first kappa shape index (κ1) is 20.6. The van der Waals surface area contributed by atoms with E-state index in [9.17, 15) is 4.79 Å². The monoisotopic (exact) mass is 388 g/mol. The number of ether oxygens (including phenoxy) is 1. The van der Waals surface area contributed by atoms with E-state index in [2.05, 4.69) is 15.6 Å². The molecule has 2 aromatic rings. The summed E-state index contributed by atoms with van der Waals surface area (Å²) in [4.78, 5) is 18.0. The van der Waals surface area contributed by atoms with Gasteiger partial charge in [0.1, 0.15) is 5.75 Å². The van der Waals surface area contributed by atoms with E-state index in [-0.39, 0.29) is 12.5 Å². The molecule has 1 amide bonds. The molecule has 0 aliphatic heterocycles. The van der Waals surface area contributed by atoms with Gasteiger partial charge in [0, 0.05) is 20.6 Å². The van der Waals surface area contributed by atoms with E-state index in [4.69, 9.17) is 16.3 Å². The number of amides is 1. The molecule has 0 saturated carbocycles. The van der Waals surface area contributed by atoms with Gasteiger partial charge < -0.3 is 20.3 Å². The van der Waals surface area contributed by atoms with Crippen molar-refractivity contribution < 1.29 is 9.53 Å². The Balaban J connectivity index is 2.05. The van der Waals surface area contributed by atoms with Crippen LogP contribution >= 0.6 is 11.6 Å². The Bertz CT molecular complexity index is 779. The van der Waals surface area contributed by atoms with E-state index in [0.29, 0.717) is 29.8 Å². The van der Waals surface area contributed by atoms with Crippen LogP contribution in [0.25, 0.3) is 0 Å². The van der Waals surface area contributed by atoms with Crippen LogP contribution in [-0.4, -0.2) is 44.5 Å². The van der Waals surface area contributed by atoms with Crippen molar-refractivity contribution in [2.75, 3.05) is 27.7 Å². The van der Waals surface area contributed by atoms with Crippen LogP contribution in [-0.2, 0) is 17.9 Å². The van der Waals surface area contributed by atoms with Crippen molar-refractivity contribution >= 4 is 23.5 Å². The first-order chi connectivity index (χ1) is 13.0. The number of carbonyl (C=O) groups is 1. The van der Waals surface area contributed by atoms with Crippen molar-refractivity contribution in [3.8, 4) is 5.75 Å². The molecule has 0 radical (unpaired) electrons. The highest BCUT2D eigenvalue weighted by atomic mass is 35.5. The smallest absolute Gasteiger partial charge is 0.241 e. The van der Waals surface area contributed by atoms with Crippen LogP contribution in [0.3, 0.4) is 0 Å². The number of methoxy groups -OCH3 is 1. The zero-order chi connectivity index (χ0) is 19.6. The molecule has 0 aromatic heterocycles. The Morgan fingerprint density at radius 2 is 1.85 bits per heavy atom. The maximum atomic E-state index is 11.9. The molecular formula is C20H25ClN4O2. The fourth-order valence-corrected chi connectivity index (χ4v) is 2.53. The van der Waals surface area contributed by atoms with Gasteiger partial charge in [0.25, 0.3) is 0 Å². The third-order valence-electron chi connectivity index (χ3n) is 3.84. The van der Waals surface area contributed by atoms with E-state index >= 15 is 0 Å². The number of hydrogen-bond donors (Lipinski definition) is 2. The summed E-state index contributed by atoms with van der Waals surface area (Å²) in [5.41, 5.74) is 2.07. The number of benzene rings is 2. The average Bonchev–Trinajstić information content (AvgIpc) is 2.68. The highest BCUT2D eigenvalue weighted by Gasteiger charge is 2.07. The zero-order valence-corrected chi connectivity index (χ0v) is 16.6. The largest absolute Gasteiger partial charge is 0.495 e. The summed E-state index contributed by atoms with van der Waals surface area (Å²) in [6.45, 7) is 1.19. The number of likely N-dealkylation sites (N-methyl/N-ethyl adjacent to an activating group) is 1. The fraction of sp³-hybridized carbons (Fsp3) is 0.300. The van der Waals surface area contributed by atoms with E-state index in [1.807, 2.05) is 48.5 Å². The van der Waals surface area contributed by atoms with Crippen molar-refractivity contribution in [3.63, 3.8) is 0 Å². The second-order valence-corrected chi connectivity index (χ2v) is 6.52. The number of halogens is 1. The molecule has 0 saturated heterocycles. The van der Waals surface area contributed by atoms with Gasteiger partial charge in [0.05, 0.1) is 25.2 Å². The Morgan fingerprint density at radius 1 is 1.11 bits per heavy atom. The summed E-state index contributed by atoms with van der Waals surface area (Å²) < 4.78 is 5.17. The molecule has 0 aliphatic carbocycles. The minimum absolute atomic E-state index is 0.0308. The Morgan fingerprint density at radius 3 is 2.48 bits per heavy atom. The summed E-state index contributed by atoms with van der Waals surface area (Å²) in [5, 5.41) is 6.86. The van der Waals surface area contributed by atoms with Gasteiger partial charge in [0.2, 0.25) is 5.91 Å². The average molecular weight is 389 g/mol. The summed E-state index contributed by atoms with van der Waals surface area (Å²) in [5.74, 6) is 1.15. The van der Waals surface area contributed by atoms with E-state index < -0.39 is 0 Å². The number of guanidine groups is 1. The van der Waals surface area contributed by atoms with Gasteiger partial charge in [-0.15, -0.1) is 0 Å². The van der Waals surface area contributed by atoms with Crippen LogP contribution in [0.1, 0.15) is 11.1 Å². The lowest BCUT2D eigenvalue weighted by Gasteiger charge is -2.15. The van der Waals surface area contributed by atoms with Crippen molar-refractivity contribution in [3.05, 3.63) is 64.7 Å². The van der Waals surface area contributed by atoms with Crippen LogP contribution in [0.2, 0.25) is 5.02 Å². The van der Waals surface area contributed by atoms with Crippen molar-refractivity contribution in [1.29, 1.82) is 0 Å². The molecule has 0 unspecified atom stereocenters. The molecule has 27 heavy (non-hydrogen) atoms. The lowest BCUT2D eigenvalue weighted by molar-refractivity contribution is -0.127. The summed E-state index contributed by atoms with van der Waals surface area (Å²) in [7, 11) is 5.02. The third-order valence-corrected chi connectivity index (χ3v) is 4.14. The minimum Gasteiger partial charge on any atom is -0.495 e. The summed E-state index contributed by atoms with van der Waals surface area (Å²) >= 11 is 6.17. The minimum atomic E-state index is -0.0308. The first-order valence-electron chi connectivity index (χ1n) is 8.58. The molecule has 0 atom stereocenters. The maximum absolute atomic E-state index is 11.9. The number of nitrogens with zero attached hydrogens (tertiary/aromatic N) is 2. The lowest BCUT2D eigenvalue weighted by atomic mass is 10.2. The molecule has 0 bridgehead atoms. The van der Waals surface area contributed by atoms with E-state index in [1.165, 1.54) is 4.90 Å². The summed E-state index contributed by atoms with van der Waals surface area (Å²) in [6, 6.07) is 15.5. The standard InChI is InChI=1S/C20H25ClN4O2/c1-25(2)19(26)14-24-20(22-12-15-7-5-4-6-8-15)23-13-16-9-10-18(27-3)17(21)11-16/h4-11H,12-14H2,1-3H3,(H2,22,23,24). The molecule has 2 aromatic carbocycles. The van der Waals surface area contributed by atoms with E-state index in [1.54, 1.807) is 21.2 Å². The molecular weight excluding hydrogens is 364 g/mol. The number of rotatable bonds is 7. The van der Waals surface area contributed by atoms with Crippen LogP contribution in [0, 0.1) is 0 Å². The van der Waals surface area contributed by atoms with Crippen LogP contribution in [0.4, 0.5) is 0 Å². The number of nitrogens with one attached hydrogen (secondary N) is 2. The van der Waals surface area contributed by atoms with Crippen LogP contribution in [0.15, 0.2) is 53.5 Å². The zero-order valence-electron chi connectivity index (χ0n) is 15.8. The van der Waals surface area contributed by atoms with Crippen LogP contribution < -0.4 is 15.4 Å². The Hall–Kier alpha value is -2.73. The predicted molar refractivity (Wildman–Crippen MR) is 109 cm³/mol. The van der Waals surface area contributed by atoms with Gasteiger partial charge in [-0.05, 0) is 23.3 Å². The quantitative estimate of drug-likeness (QED) is 0.565. The number of aliphatic imine (C=N–C) groups is 1. The molecule has 0 fully saturated rings. The Kier molecular flexibility index (Phi) is 7.95. The third kappa shape index (κ3) is 6.83. The normalized spacial score (nSPS) is 11.0. The van der Waals surface area contributed by atoms with Gasteiger partial charge in [-0.25, -0.2) is 4.99 Å².